The van der Waals surface area contributed by atoms with Crippen LogP contribution in [0.3, 0.4) is 0 Å². The smallest absolute Gasteiger partial charge is 0.272 e. The summed E-state index contributed by atoms with van der Waals surface area (Å²) in [5.74, 6) is 0. The summed E-state index contributed by atoms with van der Waals surface area (Å²) in [6.45, 7) is 3.66. The average Bonchev–Trinajstić information content (AvgIpc) is 2.51. The van der Waals surface area contributed by atoms with Crippen LogP contribution in [0.15, 0.2) is 47.6 Å². The minimum atomic E-state index is -0.412. The zero-order valence-corrected chi connectivity index (χ0v) is 13.6. The number of rotatable bonds is 4. The standard InChI is InChI=1S/C16H16N4O2S/c1-11-5-3-4-6-14(11)18-16(23)19-17-10-13-8-7-12(2)15(9-13)20(21)22/h3-10H,1-2H3,(H2,18,19,23)/b17-10-. The first-order valence-electron chi connectivity index (χ1n) is 6.88. The van der Waals surface area contributed by atoms with Gasteiger partial charge in [-0.15, -0.1) is 0 Å². The number of nitro groups is 1. The fourth-order valence-electron chi connectivity index (χ4n) is 1.93. The average molecular weight is 328 g/mol. The number of nitrogens with one attached hydrogen (secondary N) is 2. The number of hydrazone groups is 1. The first kappa shape index (κ1) is 16.6. The molecule has 0 aliphatic heterocycles. The molecule has 0 amide bonds. The molecular weight excluding hydrogens is 312 g/mol. The lowest BCUT2D eigenvalue weighted by Crippen LogP contribution is -2.24. The topological polar surface area (TPSA) is 79.6 Å². The Morgan fingerprint density at radius 3 is 2.65 bits per heavy atom. The van der Waals surface area contributed by atoms with E-state index in [4.69, 9.17) is 12.2 Å². The summed E-state index contributed by atoms with van der Waals surface area (Å²) in [5, 5.41) is 18.3. The van der Waals surface area contributed by atoms with Crippen LogP contribution < -0.4 is 10.7 Å². The second kappa shape index (κ2) is 7.46. The second-order valence-electron chi connectivity index (χ2n) is 4.94. The van der Waals surface area contributed by atoms with E-state index in [0.29, 0.717) is 16.2 Å². The highest BCUT2D eigenvalue weighted by atomic mass is 32.1. The van der Waals surface area contributed by atoms with Crippen LogP contribution in [0.5, 0.6) is 0 Å². The number of thiocarbonyl (C=S) groups is 1. The molecule has 0 spiro atoms. The first-order valence-corrected chi connectivity index (χ1v) is 7.29. The number of benzene rings is 2. The van der Waals surface area contributed by atoms with Crippen molar-refractivity contribution in [2.24, 2.45) is 5.10 Å². The van der Waals surface area contributed by atoms with Gasteiger partial charge < -0.3 is 5.32 Å². The third-order valence-electron chi connectivity index (χ3n) is 3.20. The maximum absolute atomic E-state index is 10.9. The fourth-order valence-corrected chi connectivity index (χ4v) is 2.09. The van der Waals surface area contributed by atoms with Gasteiger partial charge in [0.05, 0.1) is 11.1 Å². The van der Waals surface area contributed by atoms with Gasteiger partial charge in [0.2, 0.25) is 0 Å². The van der Waals surface area contributed by atoms with Crippen molar-refractivity contribution in [3.05, 3.63) is 69.3 Å². The second-order valence-corrected chi connectivity index (χ2v) is 5.35. The number of nitrogens with zero attached hydrogens (tertiary/aromatic N) is 2. The van der Waals surface area contributed by atoms with E-state index >= 15 is 0 Å². The molecule has 0 fully saturated rings. The van der Waals surface area contributed by atoms with Crippen LogP contribution in [0.1, 0.15) is 16.7 Å². The Morgan fingerprint density at radius 1 is 1.22 bits per heavy atom. The first-order chi connectivity index (χ1) is 11.0. The van der Waals surface area contributed by atoms with Crippen LogP contribution in [-0.4, -0.2) is 16.3 Å². The van der Waals surface area contributed by atoms with Crippen molar-refractivity contribution in [3.63, 3.8) is 0 Å². The van der Waals surface area contributed by atoms with Crippen molar-refractivity contribution in [3.8, 4) is 0 Å². The van der Waals surface area contributed by atoms with Crippen molar-refractivity contribution in [1.82, 2.24) is 5.43 Å². The summed E-state index contributed by atoms with van der Waals surface area (Å²) < 4.78 is 0. The van der Waals surface area contributed by atoms with Gasteiger partial charge in [-0.3, -0.25) is 15.5 Å². The van der Waals surface area contributed by atoms with Crippen molar-refractivity contribution in [2.75, 3.05) is 5.32 Å². The quantitative estimate of drug-likeness (QED) is 0.388. The molecule has 6 nitrogen and oxygen atoms in total. The van der Waals surface area contributed by atoms with Crippen LogP contribution in [0.4, 0.5) is 11.4 Å². The minimum absolute atomic E-state index is 0.0644. The zero-order valence-electron chi connectivity index (χ0n) is 12.7. The zero-order chi connectivity index (χ0) is 16.8. The SMILES string of the molecule is Cc1ccccc1NC(=S)N/N=C\c1ccc(C)c([N+](=O)[O-])c1. The molecule has 0 aromatic heterocycles. The van der Waals surface area contributed by atoms with Gasteiger partial charge in [-0.1, -0.05) is 30.3 Å². The molecular formula is C16H16N4O2S. The lowest BCUT2D eigenvalue weighted by molar-refractivity contribution is -0.385. The highest BCUT2D eigenvalue weighted by Crippen LogP contribution is 2.18. The van der Waals surface area contributed by atoms with Gasteiger partial charge in [-0.2, -0.15) is 5.10 Å². The van der Waals surface area contributed by atoms with Gasteiger partial charge in [-0.05, 0) is 37.7 Å². The Balaban J connectivity index is 1.99. The highest BCUT2D eigenvalue weighted by molar-refractivity contribution is 7.80. The molecule has 0 atom stereocenters. The molecule has 0 aliphatic carbocycles. The molecule has 118 valence electrons. The third-order valence-corrected chi connectivity index (χ3v) is 3.40. The summed E-state index contributed by atoms with van der Waals surface area (Å²) in [6, 6.07) is 12.6. The number of aryl methyl sites for hydroxylation is 2. The van der Waals surface area contributed by atoms with Gasteiger partial charge in [0.15, 0.2) is 5.11 Å². The van der Waals surface area contributed by atoms with Crippen molar-refractivity contribution in [2.45, 2.75) is 13.8 Å². The number of nitro benzene ring substituents is 1. The van der Waals surface area contributed by atoms with Crippen molar-refractivity contribution >= 4 is 34.9 Å². The molecule has 0 saturated carbocycles. The van der Waals surface area contributed by atoms with Gasteiger partial charge >= 0.3 is 0 Å². The Hall–Kier alpha value is -2.80. The van der Waals surface area contributed by atoms with E-state index < -0.39 is 4.92 Å². The Labute approximate surface area is 139 Å². The van der Waals surface area contributed by atoms with Gasteiger partial charge in [0, 0.05) is 22.9 Å². The van der Waals surface area contributed by atoms with Crippen LogP contribution >= 0.6 is 12.2 Å². The molecule has 2 N–H and O–H groups in total. The van der Waals surface area contributed by atoms with Crippen molar-refractivity contribution in [1.29, 1.82) is 0 Å². The molecule has 23 heavy (non-hydrogen) atoms. The number of hydrogen-bond acceptors (Lipinski definition) is 4. The Morgan fingerprint density at radius 2 is 1.96 bits per heavy atom. The Kier molecular flexibility index (Phi) is 5.37. The molecule has 2 aromatic rings. The van der Waals surface area contributed by atoms with Gasteiger partial charge in [0.1, 0.15) is 0 Å². The van der Waals surface area contributed by atoms with Gasteiger partial charge in [-0.25, -0.2) is 0 Å². The lowest BCUT2D eigenvalue weighted by Gasteiger charge is -2.09. The van der Waals surface area contributed by atoms with Crippen molar-refractivity contribution < 1.29 is 4.92 Å². The predicted octanol–water partition coefficient (Wildman–Crippen LogP) is 3.53. The molecule has 0 saturated heterocycles. The maximum atomic E-state index is 10.9. The Bertz CT molecular complexity index is 774. The molecule has 2 rings (SSSR count). The highest BCUT2D eigenvalue weighted by Gasteiger charge is 2.09. The molecule has 0 unspecified atom stereocenters. The summed E-state index contributed by atoms with van der Waals surface area (Å²) in [5.41, 5.74) is 5.94. The molecule has 2 aromatic carbocycles. The predicted molar refractivity (Wildman–Crippen MR) is 96.0 cm³/mol. The van der Waals surface area contributed by atoms with E-state index in [1.807, 2.05) is 31.2 Å². The van der Waals surface area contributed by atoms with E-state index in [2.05, 4.69) is 15.8 Å². The van der Waals surface area contributed by atoms with E-state index in [1.165, 1.54) is 12.3 Å². The fraction of sp³-hybridized carbons (Fsp3) is 0.125. The molecule has 7 heteroatoms. The van der Waals surface area contributed by atoms with Crippen LogP contribution in [-0.2, 0) is 0 Å². The van der Waals surface area contributed by atoms with E-state index in [-0.39, 0.29) is 5.69 Å². The maximum Gasteiger partial charge on any atom is 0.272 e. The third kappa shape index (κ3) is 4.58. The molecule has 0 radical (unpaired) electrons. The van der Waals surface area contributed by atoms with Gasteiger partial charge in [0.25, 0.3) is 5.69 Å². The summed E-state index contributed by atoms with van der Waals surface area (Å²) in [4.78, 5) is 10.5. The van der Waals surface area contributed by atoms with Crippen LogP contribution in [0.2, 0.25) is 0 Å². The van der Waals surface area contributed by atoms with E-state index in [9.17, 15) is 10.1 Å². The largest absolute Gasteiger partial charge is 0.331 e. The minimum Gasteiger partial charge on any atom is -0.331 e. The monoisotopic (exact) mass is 328 g/mol. The number of para-hydroxylation sites is 1. The van der Waals surface area contributed by atoms with E-state index in [0.717, 1.165) is 11.3 Å². The number of hydrogen-bond donors (Lipinski definition) is 2. The molecule has 0 heterocycles. The summed E-state index contributed by atoms with van der Waals surface area (Å²) in [6.07, 6.45) is 1.48. The lowest BCUT2D eigenvalue weighted by atomic mass is 10.1. The normalized spacial score (nSPS) is 10.5. The molecule has 0 aliphatic rings. The summed E-state index contributed by atoms with van der Waals surface area (Å²) in [7, 11) is 0. The van der Waals surface area contributed by atoms with Crippen LogP contribution in [0.25, 0.3) is 0 Å². The van der Waals surface area contributed by atoms with E-state index in [1.54, 1.807) is 19.1 Å². The summed E-state index contributed by atoms with van der Waals surface area (Å²) >= 11 is 5.15. The number of anilines is 1. The molecule has 0 bridgehead atoms. The van der Waals surface area contributed by atoms with Crippen LogP contribution in [0, 0.1) is 24.0 Å².